The molecule has 1 fully saturated rings. The standard InChI is InChI=1S/C11H14N4OS/c1-7-8(6-14(2)13-7)9-5-10(16)15-3-4-17-11(15)12-9/h6,9H,3-5H2,1-2H3. The second kappa shape index (κ2) is 3.87. The van der Waals surface area contributed by atoms with Gasteiger partial charge in [0.15, 0.2) is 5.17 Å². The van der Waals surface area contributed by atoms with Gasteiger partial charge in [-0.25, -0.2) is 0 Å². The number of aryl methyl sites for hydroxylation is 2. The van der Waals surface area contributed by atoms with Crippen molar-refractivity contribution in [2.45, 2.75) is 19.4 Å². The minimum absolute atomic E-state index is 0.0481. The Morgan fingerprint density at radius 1 is 1.53 bits per heavy atom. The van der Waals surface area contributed by atoms with Gasteiger partial charge in [-0.3, -0.25) is 19.4 Å². The highest BCUT2D eigenvalue weighted by Crippen LogP contribution is 2.33. The second-order valence-corrected chi connectivity index (χ2v) is 5.43. The fourth-order valence-electron chi connectivity index (χ4n) is 2.32. The summed E-state index contributed by atoms with van der Waals surface area (Å²) in [6.07, 6.45) is 2.43. The first-order chi connectivity index (χ1) is 8.15. The zero-order chi connectivity index (χ0) is 12.0. The van der Waals surface area contributed by atoms with E-state index in [9.17, 15) is 4.79 Å². The van der Waals surface area contributed by atoms with E-state index in [4.69, 9.17) is 0 Å². The van der Waals surface area contributed by atoms with Crippen LogP contribution in [-0.4, -0.2) is 38.1 Å². The number of thioether (sulfide) groups is 1. The molecule has 0 N–H and O–H groups in total. The van der Waals surface area contributed by atoms with Crippen LogP contribution in [0.2, 0.25) is 0 Å². The molecule has 6 heteroatoms. The van der Waals surface area contributed by atoms with Gasteiger partial charge in [-0.05, 0) is 6.92 Å². The zero-order valence-electron chi connectivity index (χ0n) is 9.88. The van der Waals surface area contributed by atoms with Crippen LogP contribution in [0.5, 0.6) is 0 Å². The lowest BCUT2D eigenvalue weighted by Gasteiger charge is -2.24. The fourth-order valence-corrected chi connectivity index (χ4v) is 3.33. The molecule has 3 rings (SSSR count). The van der Waals surface area contributed by atoms with Gasteiger partial charge < -0.3 is 0 Å². The molecule has 1 saturated heterocycles. The number of fused-ring (bicyclic) bond motifs is 1. The molecule has 1 unspecified atom stereocenters. The molecule has 0 aliphatic carbocycles. The number of aromatic nitrogens is 2. The Hall–Kier alpha value is -1.30. The Bertz CT molecular complexity index is 508. The van der Waals surface area contributed by atoms with Gasteiger partial charge in [0.2, 0.25) is 5.91 Å². The van der Waals surface area contributed by atoms with Crippen LogP contribution in [0.1, 0.15) is 23.7 Å². The number of amides is 1. The highest BCUT2D eigenvalue weighted by molar-refractivity contribution is 8.14. The molecule has 17 heavy (non-hydrogen) atoms. The molecule has 0 bridgehead atoms. The molecule has 1 aromatic heterocycles. The SMILES string of the molecule is Cc1nn(C)cc1C1CC(=O)N2CCSC2=N1. The van der Waals surface area contributed by atoms with Crippen molar-refractivity contribution in [3.05, 3.63) is 17.5 Å². The summed E-state index contributed by atoms with van der Waals surface area (Å²) in [5, 5.41) is 5.20. The zero-order valence-corrected chi connectivity index (χ0v) is 10.7. The van der Waals surface area contributed by atoms with Crippen molar-refractivity contribution < 1.29 is 4.79 Å². The molecule has 1 amide bonds. The second-order valence-electron chi connectivity index (χ2n) is 4.37. The number of aliphatic imine (C=N–C) groups is 1. The van der Waals surface area contributed by atoms with Crippen molar-refractivity contribution >= 4 is 22.8 Å². The maximum atomic E-state index is 12.0. The van der Waals surface area contributed by atoms with E-state index in [0.717, 1.165) is 28.7 Å². The van der Waals surface area contributed by atoms with Crippen molar-refractivity contribution in [3.63, 3.8) is 0 Å². The summed E-state index contributed by atoms with van der Waals surface area (Å²) in [5.74, 6) is 1.15. The minimum Gasteiger partial charge on any atom is -0.291 e. The Kier molecular flexibility index (Phi) is 2.47. The summed E-state index contributed by atoms with van der Waals surface area (Å²) >= 11 is 1.67. The van der Waals surface area contributed by atoms with Crippen LogP contribution in [0, 0.1) is 6.92 Å². The van der Waals surface area contributed by atoms with Gasteiger partial charge in [0.05, 0.1) is 18.2 Å². The minimum atomic E-state index is -0.0481. The van der Waals surface area contributed by atoms with E-state index >= 15 is 0 Å². The smallest absolute Gasteiger partial charge is 0.231 e. The van der Waals surface area contributed by atoms with Gasteiger partial charge in [-0.2, -0.15) is 5.10 Å². The average molecular weight is 250 g/mol. The van der Waals surface area contributed by atoms with E-state index in [1.165, 1.54) is 0 Å². The van der Waals surface area contributed by atoms with Crippen molar-refractivity contribution in [1.82, 2.24) is 14.7 Å². The summed E-state index contributed by atoms with van der Waals surface area (Å²) < 4.78 is 1.78. The number of rotatable bonds is 1. The number of amidine groups is 1. The van der Waals surface area contributed by atoms with Crippen LogP contribution in [0.4, 0.5) is 0 Å². The van der Waals surface area contributed by atoms with Crippen LogP contribution < -0.4 is 0 Å². The van der Waals surface area contributed by atoms with E-state index in [0.29, 0.717) is 6.42 Å². The first-order valence-electron chi connectivity index (χ1n) is 5.66. The molecule has 0 radical (unpaired) electrons. The average Bonchev–Trinajstić information content (AvgIpc) is 2.84. The quantitative estimate of drug-likeness (QED) is 0.750. The van der Waals surface area contributed by atoms with E-state index in [2.05, 4.69) is 10.1 Å². The molecule has 1 aromatic rings. The number of hydrogen-bond donors (Lipinski definition) is 0. The van der Waals surface area contributed by atoms with Crippen molar-refractivity contribution in [2.24, 2.45) is 12.0 Å². The molecular formula is C11H14N4OS. The third-order valence-electron chi connectivity index (χ3n) is 3.12. The summed E-state index contributed by atoms with van der Waals surface area (Å²) in [5.41, 5.74) is 2.03. The monoisotopic (exact) mass is 250 g/mol. The van der Waals surface area contributed by atoms with Gasteiger partial charge in [0.25, 0.3) is 0 Å². The maximum absolute atomic E-state index is 12.0. The number of nitrogens with zero attached hydrogens (tertiary/aromatic N) is 4. The lowest BCUT2D eigenvalue weighted by molar-refractivity contribution is -0.127. The Morgan fingerprint density at radius 2 is 2.35 bits per heavy atom. The predicted octanol–water partition coefficient (Wildman–Crippen LogP) is 1.10. The maximum Gasteiger partial charge on any atom is 0.231 e. The van der Waals surface area contributed by atoms with Crippen molar-refractivity contribution in [2.75, 3.05) is 12.3 Å². The van der Waals surface area contributed by atoms with Gasteiger partial charge in [0.1, 0.15) is 0 Å². The van der Waals surface area contributed by atoms with Crippen LogP contribution in [0.3, 0.4) is 0 Å². The molecule has 90 valence electrons. The van der Waals surface area contributed by atoms with Crippen LogP contribution >= 0.6 is 11.8 Å². The van der Waals surface area contributed by atoms with Crippen LogP contribution in [0.25, 0.3) is 0 Å². The number of carbonyl (C=O) groups is 1. The topological polar surface area (TPSA) is 50.5 Å². The van der Waals surface area contributed by atoms with Gasteiger partial charge in [-0.15, -0.1) is 0 Å². The molecule has 5 nitrogen and oxygen atoms in total. The summed E-state index contributed by atoms with van der Waals surface area (Å²) in [4.78, 5) is 18.5. The molecule has 2 aliphatic rings. The van der Waals surface area contributed by atoms with Crippen molar-refractivity contribution in [1.29, 1.82) is 0 Å². The third kappa shape index (κ3) is 1.76. The summed E-state index contributed by atoms with van der Waals surface area (Å²) in [6.45, 7) is 2.77. The Labute approximate surface area is 104 Å². The molecule has 0 spiro atoms. The van der Waals surface area contributed by atoms with E-state index < -0.39 is 0 Å². The fraction of sp³-hybridized carbons (Fsp3) is 0.545. The summed E-state index contributed by atoms with van der Waals surface area (Å²) in [7, 11) is 1.89. The number of hydrogen-bond acceptors (Lipinski definition) is 4. The highest BCUT2D eigenvalue weighted by atomic mass is 32.2. The third-order valence-corrected chi connectivity index (χ3v) is 4.09. The normalized spacial score (nSPS) is 23.9. The molecule has 1 atom stereocenters. The first-order valence-corrected chi connectivity index (χ1v) is 6.65. The summed E-state index contributed by atoms with van der Waals surface area (Å²) in [6, 6.07) is -0.0481. The van der Waals surface area contributed by atoms with Gasteiger partial charge >= 0.3 is 0 Å². The molecule has 2 aliphatic heterocycles. The molecule has 0 saturated carbocycles. The Morgan fingerprint density at radius 3 is 3.06 bits per heavy atom. The largest absolute Gasteiger partial charge is 0.291 e. The predicted molar refractivity (Wildman–Crippen MR) is 66.9 cm³/mol. The lowest BCUT2D eigenvalue weighted by atomic mass is 10.0. The molecule has 0 aromatic carbocycles. The van der Waals surface area contributed by atoms with Gasteiger partial charge in [0, 0.05) is 31.1 Å². The van der Waals surface area contributed by atoms with E-state index in [-0.39, 0.29) is 11.9 Å². The Balaban J connectivity index is 1.97. The van der Waals surface area contributed by atoms with Crippen LogP contribution in [-0.2, 0) is 11.8 Å². The molecule has 3 heterocycles. The lowest BCUT2D eigenvalue weighted by Crippen LogP contribution is -2.36. The molecular weight excluding hydrogens is 236 g/mol. The van der Waals surface area contributed by atoms with Crippen molar-refractivity contribution in [3.8, 4) is 0 Å². The highest BCUT2D eigenvalue weighted by Gasteiger charge is 2.34. The van der Waals surface area contributed by atoms with E-state index in [1.807, 2.05) is 20.2 Å². The number of carbonyl (C=O) groups excluding carboxylic acids is 1. The van der Waals surface area contributed by atoms with Crippen LogP contribution in [0.15, 0.2) is 11.2 Å². The van der Waals surface area contributed by atoms with Gasteiger partial charge in [-0.1, -0.05) is 11.8 Å². The first kappa shape index (κ1) is 10.8. The van der Waals surface area contributed by atoms with E-state index in [1.54, 1.807) is 21.3 Å².